The summed E-state index contributed by atoms with van der Waals surface area (Å²) in [5.41, 5.74) is -1.10. The van der Waals surface area contributed by atoms with Crippen LogP contribution in [0.15, 0.2) is 91.1 Å². The molecule has 3 heterocycles. The van der Waals surface area contributed by atoms with Crippen LogP contribution in [0.25, 0.3) is 58.8 Å². The van der Waals surface area contributed by atoms with E-state index in [-0.39, 0.29) is 0 Å². The number of alkyl halides is 3. The topological polar surface area (TPSA) is 60.7 Å². The highest BCUT2D eigenvalue weighted by atomic mass is 32.2. The van der Waals surface area contributed by atoms with Gasteiger partial charge < -0.3 is 4.18 Å². The van der Waals surface area contributed by atoms with Crippen molar-refractivity contribution in [1.82, 2.24) is 9.38 Å². The number of fused-ring (bicyclic) bond motifs is 9. The lowest BCUT2D eigenvalue weighted by Crippen LogP contribution is -2.28. The van der Waals surface area contributed by atoms with Crippen molar-refractivity contribution in [3.63, 3.8) is 0 Å². The molecule has 0 aliphatic carbocycles. The van der Waals surface area contributed by atoms with E-state index < -0.39 is 21.4 Å². The Labute approximate surface area is 217 Å². The van der Waals surface area contributed by atoms with Gasteiger partial charge in [0, 0.05) is 21.7 Å². The van der Waals surface area contributed by atoms with Gasteiger partial charge in [-0.05, 0) is 58.3 Å². The van der Waals surface area contributed by atoms with Crippen LogP contribution in [0.5, 0.6) is 5.75 Å². The van der Waals surface area contributed by atoms with Crippen LogP contribution >= 0.6 is 11.3 Å². The second kappa shape index (κ2) is 7.92. The molecule has 0 radical (unpaired) electrons. The number of hydrogen-bond donors (Lipinski definition) is 0. The molecular formula is C28H15F3N2O3S2. The summed E-state index contributed by atoms with van der Waals surface area (Å²) in [4.78, 5) is 4.89. The predicted molar refractivity (Wildman–Crippen MR) is 144 cm³/mol. The van der Waals surface area contributed by atoms with Crippen LogP contribution in [0.1, 0.15) is 0 Å². The van der Waals surface area contributed by atoms with Crippen molar-refractivity contribution in [1.29, 1.82) is 0 Å². The molecule has 4 aromatic carbocycles. The average molecular weight is 549 g/mol. The lowest BCUT2D eigenvalue weighted by atomic mass is 9.95. The normalized spacial score (nSPS) is 12.8. The molecule has 38 heavy (non-hydrogen) atoms. The molecule has 5 nitrogen and oxygen atoms in total. The Morgan fingerprint density at radius 3 is 2.42 bits per heavy atom. The Hall–Kier alpha value is -4.15. The summed E-state index contributed by atoms with van der Waals surface area (Å²) < 4.78 is 69.4. The van der Waals surface area contributed by atoms with Gasteiger partial charge in [-0.3, -0.25) is 4.40 Å². The minimum Gasteiger partial charge on any atom is -0.376 e. The summed E-state index contributed by atoms with van der Waals surface area (Å²) >= 11 is 1.66. The lowest BCUT2D eigenvalue weighted by Gasteiger charge is -2.11. The van der Waals surface area contributed by atoms with Crippen LogP contribution in [-0.4, -0.2) is 23.3 Å². The van der Waals surface area contributed by atoms with Crippen LogP contribution in [0.2, 0.25) is 0 Å². The molecule has 0 saturated carbocycles. The Kier molecular flexibility index (Phi) is 4.80. The molecule has 0 aliphatic heterocycles. The summed E-state index contributed by atoms with van der Waals surface area (Å²) in [5.74, 6) is -0.411. The van der Waals surface area contributed by atoms with Crippen LogP contribution < -0.4 is 4.18 Å². The SMILES string of the molecule is O=S(=O)(Oc1ccc(-c2cccc3ccc4sc5c(ccn6c7ccccc7nc56)c4c23)cc1)C(F)(F)F. The van der Waals surface area contributed by atoms with Gasteiger partial charge in [0.15, 0.2) is 5.65 Å². The largest absolute Gasteiger partial charge is 0.534 e. The molecule has 7 aromatic rings. The van der Waals surface area contributed by atoms with E-state index in [0.29, 0.717) is 5.56 Å². The molecule has 0 spiro atoms. The third kappa shape index (κ3) is 3.37. The minimum absolute atomic E-state index is 0.411. The van der Waals surface area contributed by atoms with E-state index >= 15 is 0 Å². The zero-order valence-electron chi connectivity index (χ0n) is 19.2. The van der Waals surface area contributed by atoms with Gasteiger partial charge in [0.25, 0.3) is 0 Å². The second-order valence-electron chi connectivity index (χ2n) is 8.80. The molecule has 0 unspecified atom stereocenters. The smallest absolute Gasteiger partial charge is 0.376 e. The lowest BCUT2D eigenvalue weighted by molar-refractivity contribution is -0.0500. The summed E-state index contributed by atoms with van der Waals surface area (Å²) in [5, 5.41) is 4.12. The van der Waals surface area contributed by atoms with Crippen LogP contribution in [0.4, 0.5) is 13.2 Å². The highest BCUT2D eigenvalue weighted by molar-refractivity contribution is 7.88. The number of rotatable bonds is 3. The molecule has 0 N–H and O–H groups in total. The van der Waals surface area contributed by atoms with Crippen molar-refractivity contribution >= 4 is 69.1 Å². The summed E-state index contributed by atoms with van der Waals surface area (Å²) in [6.45, 7) is 0. The van der Waals surface area contributed by atoms with Gasteiger partial charge in [-0.2, -0.15) is 21.6 Å². The zero-order valence-corrected chi connectivity index (χ0v) is 20.9. The van der Waals surface area contributed by atoms with E-state index in [0.717, 1.165) is 53.2 Å². The first-order valence-corrected chi connectivity index (χ1v) is 13.7. The number of hydrogen-bond acceptors (Lipinski definition) is 5. The first-order valence-electron chi connectivity index (χ1n) is 11.5. The highest BCUT2D eigenvalue weighted by Gasteiger charge is 2.48. The second-order valence-corrected chi connectivity index (χ2v) is 11.4. The molecule has 0 saturated heterocycles. The molecule has 0 aliphatic rings. The van der Waals surface area contributed by atoms with Crippen LogP contribution in [0, 0.1) is 0 Å². The quantitative estimate of drug-likeness (QED) is 0.166. The molecule has 3 aromatic heterocycles. The molecule has 7 rings (SSSR count). The van der Waals surface area contributed by atoms with Gasteiger partial charge in [-0.15, -0.1) is 11.3 Å². The van der Waals surface area contributed by atoms with Crippen molar-refractivity contribution in [3.8, 4) is 16.9 Å². The fraction of sp³-hybridized carbons (Fsp3) is 0.0357. The van der Waals surface area contributed by atoms with E-state index in [1.165, 1.54) is 12.1 Å². The molecule has 0 amide bonds. The standard InChI is InChI=1S/C28H15F3N2O3S2/c29-28(30,31)38(34,35)36-18-11-8-16(9-12-18)19-5-3-4-17-10-13-23-25(24(17)19)20-14-15-33-22-7-2-1-6-21(22)32-27(33)26(20)37-23/h1-15H. The minimum atomic E-state index is -5.74. The van der Waals surface area contributed by atoms with Gasteiger partial charge in [0.1, 0.15) is 5.75 Å². The zero-order chi connectivity index (χ0) is 26.2. The fourth-order valence-corrected chi connectivity index (χ4v) is 6.57. The van der Waals surface area contributed by atoms with Crippen LogP contribution in [0.3, 0.4) is 0 Å². The number of benzene rings is 4. The summed E-state index contributed by atoms with van der Waals surface area (Å²) in [6, 6.07) is 25.6. The summed E-state index contributed by atoms with van der Waals surface area (Å²) in [7, 11) is -5.74. The highest BCUT2D eigenvalue weighted by Crippen LogP contribution is 2.44. The first kappa shape index (κ1) is 23.0. The van der Waals surface area contributed by atoms with Crippen molar-refractivity contribution in [2.45, 2.75) is 5.51 Å². The Morgan fingerprint density at radius 2 is 1.63 bits per heavy atom. The molecule has 0 atom stereocenters. The molecule has 10 heteroatoms. The predicted octanol–water partition coefficient (Wildman–Crippen LogP) is 7.90. The summed E-state index contributed by atoms with van der Waals surface area (Å²) in [6.07, 6.45) is 2.02. The maximum absolute atomic E-state index is 12.7. The third-order valence-electron chi connectivity index (χ3n) is 6.58. The van der Waals surface area contributed by atoms with Crippen molar-refractivity contribution in [3.05, 3.63) is 91.1 Å². The number of thiophene rings is 1. The van der Waals surface area contributed by atoms with Gasteiger partial charge in [0.05, 0.1) is 15.7 Å². The van der Waals surface area contributed by atoms with Gasteiger partial charge >= 0.3 is 15.6 Å². The molecule has 0 fully saturated rings. The number of nitrogens with zero attached hydrogens (tertiary/aromatic N) is 2. The molecular weight excluding hydrogens is 533 g/mol. The maximum Gasteiger partial charge on any atom is 0.534 e. The van der Waals surface area contributed by atoms with Crippen molar-refractivity contribution in [2.24, 2.45) is 0 Å². The van der Waals surface area contributed by atoms with Crippen molar-refractivity contribution < 1.29 is 25.8 Å². The van der Waals surface area contributed by atoms with Gasteiger partial charge in [-0.25, -0.2) is 4.98 Å². The Balaban J connectivity index is 1.44. The van der Waals surface area contributed by atoms with E-state index in [2.05, 4.69) is 20.7 Å². The maximum atomic E-state index is 12.7. The third-order valence-corrected chi connectivity index (χ3v) is 8.72. The monoisotopic (exact) mass is 548 g/mol. The van der Waals surface area contributed by atoms with E-state index in [1.807, 2.05) is 54.7 Å². The molecule has 188 valence electrons. The number of pyridine rings is 1. The van der Waals surface area contributed by atoms with Crippen molar-refractivity contribution in [2.75, 3.05) is 0 Å². The number of imidazole rings is 1. The van der Waals surface area contributed by atoms with Gasteiger partial charge in [-0.1, -0.05) is 48.5 Å². The Morgan fingerprint density at radius 1 is 0.842 bits per heavy atom. The number of para-hydroxylation sites is 2. The van der Waals surface area contributed by atoms with Crippen LogP contribution in [-0.2, 0) is 10.1 Å². The number of aromatic nitrogens is 2. The van der Waals surface area contributed by atoms with E-state index in [1.54, 1.807) is 23.5 Å². The fourth-order valence-electron chi connectivity index (χ4n) is 4.93. The molecule has 0 bridgehead atoms. The average Bonchev–Trinajstić information content (AvgIpc) is 3.46. The van der Waals surface area contributed by atoms with Gasteiger partial charge in [0.2, 0.25) is 0 Å². The van der Waals surface area contributed by atoms with E-state index in [9.17, 15) is 21.6 Å². The first-order chi connectivity index (χ1) is 18.2. The van der Waals surface area contributed by atoms with E-state index in [4.69, 9.17) is 4.98 Å². The number of halogens is 3. The Bertz CT molecular complexity index is 2160.